The van der Waals surface area contributed by atoms with E-state index in [1.807, 2.05) is 24.3 Å². The summed E-state index contributed by atoms with van der Waals surface area (Å²) in [5.41, 5.74) is 1.58. The van der Waals surface area contributed by atoms with Gasteiger partial charge in [0, 0.05) is 13.2 Å². The Morgan fingerprint density at radius 1 is 1.06 bits per heavy atom. The molecule has 0 unspecified atom stereocenters. The number of hydrogen-bond donors (Lipinski definition) is 2. The van der Waals surface area contributed by atoms with E-state index in [1.54, 1.807) is 37.5 Å². The van der Waals surface area contributed by atoms with Gasteiger partial charge in [0.1, 0.15) is 23.9 Å². The number of rotatable bonds is 9. The lowest BCUT2D eigenvalue weighted by molar-refractivity contribution is 0.0943. The molecule has 0 saturated carbocycles. The Bertz CT molecular complexity index is 1250. The number of aryl methyl sites for hydroxylation is 1. The van der Waals surface area contributed by atoms with Crippen LogP contribution in [0.25, 0.3) is 0 Å². The summed E-state index contributed by atoms with van der Waals surface area (Å²) in [4.78, 5) is 25.3. The SMILES string of the molecule is CC(C)c1ccc(OCc2ccc(C(=O)Nc3cn(C)nc3C(=O)NCc3ccco3)o2)cc1. The highest BCUT2D eigenvalue weighted by Gasteiger charge is 2.20. The predicted molar refractivity (Wildman–Crippen MR) is 125 cm³/mol. The lowest BCUT2D eigenvalue weighted by atomic mass is 10.0. The van der Waals surface area contributed by atoms with E-state index in [0.717, 1.165) is 0 Å². The number of carbonyl (C=O) groups is 2. The summed E-state index contributed by atoms with van der Waals surface area (Å²) in [6.07, 6.45) is 3.08. The van der Waals surface area contributed by atoms with E-state index in [2.05, 4.69) is 29.6 Å². The van der Waals surface area contributed by atoms with Crippen LogP contribution in [0.4, 0.5) is 5.69 Å². The van der Waals surface area contributed by atoms with Gasteiger partial charge in [0.2, 0.25) is 0 Å². The molecule has 3 aromatic heterocycles. The van der Waals surface area contributed by atoms with Gasteiger partial charge >= 0.3 is 0 Å². The molecule has 34 heavy (non-hydrogen) atoms. The number of anilines is 1. The molecule has 0 spiro atoms. The van der Waals surface area contributed by atoms with Crippen LogP contribution < -0.4 is 15.4 Å². The Morgan fingerprint density at radius 3 is 2.56 bits per heavy atom. The summed E-state index contributed by atoms with van der Waals surface area (Å²) >= 11 is 0. The number of carbonyl (C=O) groups excluding carboxylic acids is 2. The Kier molecular flexibility index (Phi) is 6.82. The van der Waals surface area contributed by atoms with E-state index < -0.39 is 11.8 Å². The molecule has 0 aliphatic carbocycles. The Morgan fingerprint density at radius 2 is 1.85 bits per heavy atom. The smallest absolute Gasteiger partial charge is 0.291 e. The summed E-state index contributed by atoms with van der Waals surface area (Å²) < 4.78 is 18.0. The number of benzene rings is 1. The van der Waals surface area contributed by atoms with Crippen LogP contribution >= 0.6 is 0 Å². The number of hydrogen-bond acceptors (Lipinski definition) is 6. The third-order valence-corrected chi connectivity index (χ3v) is 5.11. The fraction of sp³-hybridized carbons (Fsp3) is 0.240. The van der Waals surface area contributed by atoms with E-state index >= 15 is 0 Å². The van der Waals surface area contributed by atoms with Crippen molar-refractivity contribution < 1.29 is 23.2 Å². The molecule has 4 aromatic rings. The van der Waals surface area contributed by atoms with E-state index in [4.69, 9.17) is 13.6 Å². The van der Waals surface area contributed by atoms with Crippen LogP contribution in [0.2, 0.25) is 0 Å². The summed E-state index contributed by atoms with van der Waals surface area (Å²) in [5.74, 6) is 1.43. The lowest BCUT2D eigenvalue weighted by Crippen LogP contribution is -2.25. The second-order valence-electron chi connectivity index (χ2n) is 8.06. The van der Waals surface area contributed by atoms with Gasteiger partial charge in [0.05, 0.1) is 18.5 Å². The third kappa shape index (κ3) is 5.55. The first-order valence-corrected chi connectivity index (χ1v) is 10.9. The van der Waals surface area contributed by atoms with Crippen molar-refractivity contribution in [2.75, 3.05) is 5.32 Å². The first-order valence-electron chi connectivity index (χ1n) is 10.9. The van der Waals surface area contributed by atoms with Gasteiger partial charge in [-0.2, -0.15) is 5.10 Å². The van der Waals surface area contributed by atoms with Crippen LogP contribution in [-0.2, 0) is 20.2 Å². The molecule has 4 rings (SSSR count). The highest BCUT2D eigenvalue weighted by molar-refractivity contribution is 6.07. The number of aromatic nitrogens is 2. The summed E-state index contributed by atoms with van der Waals surface area (Å²) in [7, 11) is 1.66. The number of furan rings is 2. The van der Waals surface area contributed by atoms with Gasteiger partial charge in [-0.05, 0) is 47.9 Å². The molecule has 9 nitrogen and oxygen atoms in total. The molecule has 2 amide bonds. The Balaban J connectivity index is 1.35. The van der Waals surface area contributed by atoms with Crippen molar-refractivity contribution in [3.8, 4) is 5.75 Å². The molecule has 0 saturated heterocycles. The maximum atomic E-state index is 12.7. The number of nitrogens with zero attached hydrogens (tertiary/aromatic N) is 2. The van der Waals surface area contributed by atoms with Crippen molar-refractivity contribution in [1.82, 2.24) is 15.1 Å². The Hall–Kier alpha value is -4.27. The fourth-order valence-electron chi connectivity index (χ4n) is 3.28. The standard InChI is InChI=1S/C25H26N4O5/c1-16(2)17-6-8-18(9-7-17)33-15-20-10-11-22(34-20)24(30)27-21-14-29(3)28-23(21)25(31)26-13-19-5-4-12-32-19/h4-12,14,16H,13,15H2,1-3H3,(H,26,31)(H,27,30). The van der Waals surface area contributed by atoms with Crippen molar-refractivity contribution >= 4 is 17.5 Å². The molecule has 176 valence electrons. The molecule has 0 aliphatic heterocycles. The first kappa shape index (κ1) is 22.9. The molecular formula is C25H26N4O5. The molecule has 0 atom stereocenters. The normalized spacial score (nSPS) is 10.9. The molecule has 1 aromatic carbocycles. The average molecular weight is 463 g/mol. The molecule has 9 heteroatoms. The van der Waals surface area contributed by atoms with Crippen molar-refractivity contribution in [2.24, 2.45) is 7.05 Å². The van der Waals surface area contributed by atoms with Crippen LogP contribution in [0.1, 0.15) is 57.9 Å². The lowest BCUT2D eigenvalue weighted by Gasteiger charge is -2.08. The van der Waals surface area contributed by atoms with Crippen molar-refractivity contribution in [1.29, 1.82) is 0 Å². The predicted octanol–water partition coefficient (Wildman–Crippen LogP) is 4.49. The molecule has 3 heterocycles. The van der Waals surface area contributed by atoms with Gasteiger partial charge in [-0.15, -0.1) is 0 Å². The zero-order valence-electron chi connectivity index (χ0n) is 19.2. The monoisotopic (exact) mass is 462 g/mol. The molecule has 0 aliphatic rings. The number of amides is 2. The Labute approximate surface area is 196 Å². The van der Waals surface area contributed by atoms with Crippen LogP contribution in [0.3, 0.4) is 0 Å². The van der Waals surface area contributed by atoms with Gasteiger partial charge in [0.25, 0.3) is 11.8 Å². The van der Waals surface area contributed by atoms with Gasteiger partial charge in [-0.3, -0.25) is 14.3 Å². The van der Waals surface area contributed by atoms with Gasteiger partial charge in [0.15, 0.2) is 11.5 Å². The quantitative estimate of drug-likeness (QED) is 0.379. The van der Waals surface area contributed by atoms with Crippen LogP contribution in [-0.4, -0.2) is 21.6 Å². The summed E-state index contributed by atoms with van der Waals surface area (Å²) in [6.45, 7) is 4.65. The zero-order valence-corrected chi connectivity index (χ0v) is 19.2. The fourth-order valence-corrected chi connectivity index (χ4v) is 3.28. The first-order chi connectivity index (χ1) is 16.4. The van der Waals surface area contributed by atoms with Crippen LogP contribution in [0, 0.1) is 0 Å². The third-order valence-electron chi connectivity index (χ3n) is 5.11. The molecular weight excluding hydrogens is 436 g/mol. The topological polar surface area (TPSA) is 112 Å². The minimum atomic E-state index is -0.499. The van der Waals surface area contributed by atoms with Crippen molar-refractivity contribution in [3.05, 3.63) is 89.5 Å². The minimum Gasteiger partial charge on any atom is -0.486 e. The van der Waals surface area contributed by atoms with Crippen molar-refractivity contribution in [3.63, 3.8) is 0 Å². The summed E-state index contributed by atoms with van der Waals surface area (Å²) in [6, 6.07) is 14.6. The highest BCUT2D eigenvalue weighted by Crippen LogP contribution is 2.21. The van der Waals surface area contributed by atoms with Crippen LogP contribution in [0.5, 0.6) is 5.75 Å². The number of nitrogens with one attached hydrogen (secondary N) is 2. The number of ether oxygens (including phenoxy) is 1. The minimum absolute atomic E-state index is 0.0855. The van der Waals surface area contributed by atoms with E-state index in [0.29, 0.717) is 23.2 Å². The molecule has 0 fully saturated rings. The zero-order chi connectivity index (χ0) is 24.1. The largest absolute Gasteiger partial charge is 0.486 e. The summed E-state index contributed by atoms with van der Waals surface area (Å²) in [5, 5.41) is 9.55. The average Bonchev–Trinajstić information content (AvgIpc) is 3.58. The maximum absolute atomic E-state index is 12.7. The maximum Gasteiger partial charge on any atom is 0.291 e. The van der Waals surface area contributed by atoms with Gasteiger partial charge in [-0.25, -0.2) is 0 Å². The van der Waals surface area contributed by atoms with Crippen LogP contribution in [0.15, 0.2) is 69.8 Å². The van der Waals surface area contributed by atoms with E-state index in [9.17, 15) is 9.59 Å². The molecule has 0 bridgehead atoms. The second-order valence-corrected chi connectivity index (χ2v) is 8.06. The second kappa shape index (κ2) is 10.1. The van der Waals surface area contributed by atoms with Gasteiger partial charge < -0.3 is 24.2 Å². The molecule has 2 N–H and O–H groups in total. The van der Waals surface area contributed by atoms with Crippen molar-refractivity contribution in [2.45, 2.75) is 32.9 Å². The van der Waals surface area contributed by atoms with E-state index in [1.165, 1.54) is 16.5 Å². The highest BCUT2D eigenvalue weighted by atomic mass is 16.5. The molecule has 0 radical (unpaired) electrons. The van der Waals surface area contributed by atoms with Gasteiger partial charge in [-0.1, -0.05) is 26.0 Å². The van der Waals surface area contributed by atoms with E-state index in [-0.39, 0.29) is 30.3 Å².